The molecule has 0 aromatic carbocycles. The third-order valence-corrected chi connectivity index (χ3v) is 2.61. The van der Waals surface area contributed by atoms with Gasteiger partial charge >= 0.3 is 0 Å². The van der Waals surface area contributed by atoms with E-state index in [2.05, 4.69) is 22.2 Å². The van der Waals surface area contributed by atoms with Gasteiger partial charge in [0.2, 0.25) is 5.88 Å². The molecule has 0 bridgehead atoms. The topological polar surface area (TPSA) is 47.0 Å². The monoisotopic (exact) mass is 207 g/mol. The molecule has 1 aliphatic heterocycles. The van der Waals surface area contributed by atoms with Crippen molar-refractivity contribution < 1.29 is 4.74 Å². The lowest BCUT2D eigenvalue weighted by Gasteiger charge is -2.13. The molecule has 2 rings (SSSR count). The fourth-order valence-electron chi connectivity index (χ4n) is 1.84. The van der Waals surface area contributed by atoms with Crippen molar-refractivity contribution in [2.45, 2.75) is 39.3 Å². The summed E-state index contributed by atoms with van der Waals surface area (Å²) in [4.78, 5) is 8.58. The predicted octanol–water partition coefficient (Wildman–Crippen LogP) is 1.22. The maximum atomic E-state index is 5.80. The molecule has 1 aliphatic rings. The Bertz CT molecular complexity index is 354. The number of hydrogen-bond acceptors (Lipinski definition) is 4. The Balaban J connectivity index is 2.04. The summed E-state index contributed by atoms with van der Waals surface area (Å²) in [6, 6.07) is 0.536. The maximum Gasteiger partial charge on any atom is 0.235 e. The Morgan fingerprint density at radius 1 is 1.47 bits per heavy atom. The van der Waals surface area contributed by atoms with Crippen LogP contribution in [0.2, 0.25) is 0 Å². The number of aromatic nitrogens is 2. The Morgan fingerprint density at radius 3 is 2.87 bits per heavy atom. The van der Waals surface area contributed by atoms with Crippen molar-refractivity contribution in [3.63, 3.8) is 0 Å². The molecule has 0 saturated carbocycles. The smallest absolute Gasteiger partial charge is 0.235 e. The second-order valence-corrected chi connectivity index (χ2v) is 4.19. The van der Waals surface area contributed by atoms with Gasteiger partial charge in [-0.2, -0.15) is 0 Å². The van der Waals surface area contributed by atoms with Crippen LogP contribution in [0.3, 0.4) is 0 Å². The van der Waals surface area contributed by atoms with Gasteiger partial charge in [0, 0.05) is 19.0 Å². The van der Waals surface area contributed by atoms with E-state index in [0.717, 1.165) is 24.4 Å². The van der Waals surface area contributed by atoms with E-state index in [-0.39, 0.29) is 6.10 Å². The number of nitrogens with zero attached hydrogens (tertiary/aromatic N) is 2. The minimum absolute atomic E-state index is 0.232. The molecule has 1 aromatic heterocycles. The number of aryl methyl sites for hydroxylation is 2. The summed E-state index contributed by atoms with van der Waals surface area (Å²) in [6.07, 6.45) is 3.01. The van der Waals surface area contributed by atoms with Crippen molar-refractivity contribution in [2.24, 2.45) is 0 Å². The minimum atomic E-state index is 0.232. The summed E-state index contributed by atoms with van der Waals surface area (Å²) in [6.45, 7) is 6.93. The highest BCUT2D eigenvalue weighted by Crippen LogP contribution is 2.17. The van der Waals surface area contributed by atoms with Gasteiger partial charge < -0.3 is 10.1 Å². The van der Waals surface area contributed by atoms with E-state index in [9.17, 15) is 0 Å². The van der Waals surface area contributed by atoms with E-state index in [1.807, 2.05) is 13.8 Å². The van der Waals surface area contributed by atoms with Gasteiger partial charge in [-0.15, -0.1) is 0 Å². The van der Waals surface area contributed by atoms with Gasteiger partial charge in [-0.1, -0.05) is 0 Å². The molecule has 0 amide bonds. The Labute approximate surface area is 90.1 Å². The molecular formula is C11H17N3O. The molecule has 1 fully saturated rings. The molecular weight excluding hydrogens is 190 g/mol. The van der Waals surface area contributed by atoms with Gasteiger partial charge in [0.15, 0.2) is 0 Å². The molecule has 0 aliphatic carbocycles. The fraction of sp³-hybridized carbons (Fsp3) is 0.636. The molecule has 2 atom stereocenters. The van der Waals surface area contributed by atoms with Gasteiger partial charge in [0.05, 0.1) is 17.6 Å². The van der Waals surface area contributed by atoms with Crippen molar-refractivity contribution in [3.8, 4) is 5.88 Å². The highest BCUT2D eigenvalue weighted by Gasteiger charge is 2.23. The van der Waals surface area contributed by atoms with Crippen molar-refractivity contribution >= 4 is 0 Å². The minimum Gasteiger partial charge on any atom is -0.472 e. The van der Waals surface area contributed by atoms with Crippen LogP contribution in [0.25, 0.3) is 0 Å². The van der Waals surface area contributed by atoms with Crippen molar-refractivity contribution in [3.05, 3.63) is 17.6 Å². The first-order chi connectivity index (χ1) is 7.15. The maximum absolute atomic E-state index is 5.80. The molecule has 0 unspecified atom stereocenters. The first-order valence-corrected chi connectivity index (χ1v) is 5.35. The molecule has 1 saturated heterocycles. The number of hydrogen-bond donors (Lipinski definition) is 1. The van der Waals surface area contributed by atoms with Crippen LogP contribution in [0.5, 0.6) is 5.88 Å². The van der Waals surface area contributed by atoms with Crippen molar-refractivity contribution in [2.75, 3.05) is 6.54 Å². The zero-order valence-corrected chi connectivity index (χ0v) is 9.45. The summed E-state index contributed by atoms with van der Waals surface area (Å²) in [7, 11) is 0. The molecule has 1 aromatic rings. The molecule has 4 heteroatoms. The van der Waals surface area contributed by atoms with Crippen molar-refractivity contribution in [1.82, 2.24) is 15.3 Å². The van der Waals surface area contributed by atoms with Crippen LogP contribution in [0, 0.1) is 13.8 Å². The molecule has 0 radical (unpaired) electrons. The van der Waals surface area contributed by atoms with Gasteiger partial charge in [0.25, 0.3) is 0 Å². The molecule has 82 valence electrons. The van der Waals surface area contributed by atoms with Gasteiger partial charge in [-0.05, 0) is 20.8 Å². The van der Waals surface area contributed by atoms with Crippen LogP contribution in [-0.4, -0.2) is 28.7 Å². The zero-order valence-electron chi connectivity index (χ0n) is 9.45. The van der Waals surface area contributed by atoms with Crippen LogP contribution >= 0.6 is 0 Å². The summed E-state index contributed by atoms with van der Waals surface area (Å²) in [5.41, 5.74) is 1.80. The van der Waals surface area contributed by atoms with Crippen LogP contribution in [0.1, 0.15) is 24.7 Å². The summed E-state index contributed by atoms with van der Waals surface area (Å²) >= 11 is 0. The Hall–Kier alpha value is -1.16. The molecule has 1 N–H and O–H groups in total. The second-order valence-electron chi connectivity index (χ2n) is 4.19. The Morgan fingerprint density at radius 2 is 2.27 bits per heavy atom. The van der Waals surface area contributed by atoms with E-state index in [1.54, 1.807) is 6.20 Å². The first kappa shape index (κ1) is 10.4. The second kappa shape index (κ2) is 4.14. The lowest BCUT2D eigenvalue weighted by Crippen LogP contribution is -2.21. The standard InChI is InChI=1S/C11H17N3O/c1-7-4-10(6-12-7)15-11-9(3)14-8(2)5-13-11/h5,7,10,12H,4,6H2,1-3H3/t7-,10+/m0/s1. The lowest BCUT2D eigenvalue weighted by atomic mass is 10.2. The lowest BCUT2D eigenvalue weighted by molar-refractivity contribution is 0.208. The largest absolute Gasteiger partial charge is 0.472 e. The SMILES string of the molecule is Cc1cnc(O[C@H]2CN[C@@H](C)C2)c(C)n1. The number of nitrogens with one attached hydrogen (secondary N) is 1. The average molecular weight is 207 g/mol. The van der Waals surface area contributed by atoms with Gasteiger partial charge in [0.1, 0.15) is 6.10 Å². The molecule has 15 heavy (non-hydrogen) atoms. The van der Waals surface area contributed by atoms with E-state index in [0.29, 0.717) is 11.9 Å². The van der Waals surface area contributed by atoms with Crippen LogP contribution in [0.15, 0.2) is 6.20 Å². The van der Waals surface area contributed by atoms with Crippen LogP contribution in [0.4, 0.5) is 0 Å². The first-order valence-electron chi connectivity index (χ1n) is 5.35. The van der Waals surface area contributed by atoms with Crippen LogP contribution < -0.4 is 10.1 Å². The summed E-state index contributed by atoms with van der Waals surface area (Å²) in [5, 5.41) is 3.35. The predicted molar refractivity (Wildman–Crippen MR) is 58.0 cm³/mol. The van der Waals surface area contributed by atoms with Gasteiger partial charge in [-0.25, -0.2) is 4.98 Å². The van der Waals surface area contributed by atoms with E-state index < -0.39 is 0 Å². The third-order valence-electron chi connectivity index (χ3n) is 2.61. The average Bonchev–Trinajstić information content (AvgIpc) is 2.56. The summed E-state index contributed by atoms with van der Waals surface area (Å²) < 4.78 is 5.80. The highest BCUT2D eigenvalue weighted by atomic mass is 16.5. The summed E-state index contributed by atoms with van der Waals surface area (Å²) in [5.74, 6) is 0.668. The normalized spacial score (nSPS) is 25.5. The molecule has 0 spiro atoms. The van der Waals surface area contributed by atoms with E-state index in [4.69, 9.17) is 4.74 Å². The van der Waals surface area contributed by atoms with Crippen LogP contribution in [-0.2, 0) is 0 Å². The highest BCUT2D eigenvalue weighted by molar-refractivity contribution is 5.18. The zero-order chi connectivity index (χ0) is 10.8. The van der Waals surface area contributed by atoms with E-state index in [1.165, 1.54) is 0 Å². The van der Waals surface area contributed by atoms with Crippen molar-refractivity contribution in [1.29, 1.82) is 0 Å². The quantitative estimate of drug-likeness (QED) is 0.792. The fourth-order valence-corrected chi connectivity index (χ4v) is 1.84. The molecule has 4 nitrogen and oxygen atoms in total. The Kier molecular flexibility index (Phi) is 2.86. The van der Waals surface area contributed by atoms with Gasteiger partial charge in [-0.3, -0.25) is 4.98 Å². The third kappa shape index (κ3) is 2.45. The van der Waals surface area contributed by atoms with E-state index >= 15 is 0 Å². The number of rotatable bonds is 2. The molecule has 2 heterocycles. The number of ether oxygens (including phenoxy) is 1.